The summed E-state index contributed by atoms with van der Waals surface area (Å²) in [6.45, 7) is 8.93. The van der Waals surface area contributed by atoms with Crippen molar-refractivity contribution in [2.24, 2.45) is 0 Å². The molecule has 10 nitrogen and oxygen atoms in total. The molecule has 1 N–H and O–H groups in total. The number of esters is 2. The van der Waals surface area contributed by atoms with E-state index in [9.17, 15) is 26.4 Å². The van der Waals surface area contributed by atoms with Crippen LogP contribution >= 0.6 is 15.9 Å². The quantitative estimate of drug-likeness (QED) is 0.0821. The molecule has 2 aromatic rings. The molecule has 0 atom stereocenters. The van der Waals surface area contributed by atoms with Crippen LogP contribution in [0.3, 0.4) is 0 Å². The van der Waals surface area contributed by atoms with Crippen LogP contribution in [-0.4, -0.2) is 72.3 Å². The molecular formula is C36H60BrN2NaO8S2. The first-order valence-corrected chi connectivity index (χ1v) is 21.2. The summed E-state index contributed by atoms with van der Waals surface area (Å²) < 4.78 is 60.6. The van der Waals surface area contributed by atoms with Gasteiger partial charge in [-0.3, -0.25) is 9.59 Å². The molecule has 0 fully saturated rings. The van der Waals surface area contributed by atoms with Gasteiger partial charge in [-0.25, -0.2) is 25.9 Å². The number of ether oxygens (including phenoxy) is 2. The molecule has 2 aromatic carbocycles. The molecule has 0 bridgehead atoms. The van der Waals surface area contributed by atoms with E-state index in [1.54, 1.807) is 50.4 Å². The van der Waals surface area contributed by atoms with Crippen molar-refractivity contribution in [1.82, 2.24) is 9.03 Å². The normalized spacial score (nSPS) is 11.0. The number of benzene rings is 2. The van der Waals surface area contributed by atoms with Crippen molar-refractivity contribution in [2.45, 2.75) is 115 Å². The van der Waals surface area contributed by atoms with Crippen LogP contribution in [-0.2, 0) is 39.1 Å². The van der Waals surface area contributed by atoms with Crippen molar-refractivity contribution >= 4 is 47.9 Å². The van der Waals surface area contributed by atoms with E-state index in [4.69, 9.17) is 9.47 Å². The molecule has 0 heterocycles. The van der Waals surface area contributed by atoms with Crippen molar-refractivity contribution in [3.05, 3.63) is 59.7 Å². The minimum absolute atomic E-state index is 0. The van der Waals surface area contributed by atoms with Gasteiger partial charge >= 0.3 is 41.5 Å². The van der Waals surface area contributed by atoms with Crippen LogP contribution in [0.2, 0.25) is 0 Å². The third-order valence-electron chi connectivity index (χ3n) is 7.31. The van der Waals surface area contributed by atoms with Crippen LogP contribution in [0.4, 0.5) is 0 Å². The molecule has 0 unspecified atom stereocenters. The Kier molecular flexibility index (Phi) is 30.6. The second-order valence-electron chi connectivity index (χ2n) is 11.5. The van der Waals surface area contributed by atoms with Gasteiger partial charge in [0, 0.05) is 31.8 Å². The molecule has 2 rings (SSSR count). The SMILES string of the molecule is CCOC(=O)CCCCCCCBr.CCOC(=O)CCCCCCCN(C)S(=O)(=O)c1ccc(C)cc1.CNS(=O)(=O)c1ccc(C)cc1.[H-].[Na+]. The number of nitrogens with one attached hydrogen (secondary N) is 1. The Bertz CT molecular complexity index is 1400. The zero-order valence-corrected chi connectivity index (χ0v) is 36.6. The molecule has 0 aromatic heterocycles. The van der Waals surface area contributed by atoms with Crippen molar-refractivity contribution in [3.63, 3.8) is 0 Å². The fourth-order valence-electron chi connectivity index (χ4n) is 4.34. The molecule has 0 aliphatic rings. The summed E-state index contributed by atoms with van der Waals surface area (Å²) in [4.78, 5) is 22.7. The van der Waals surface area contributed by atoms with E-state index in [0.717, 1.165) is 61.4 Å². The first kappa shape index (κ1) is 50.8. The van der Waals surface area contributed by atoms with Gasteiger partial charge in [-0.1, -0.05) is 89.8 Å². The van der Waals surface area contributed by atoms with E-state index in [0.29, 0.717) is 42.4 Å². The van der Waals surface area contributed by atoms with Gasteiger partial charge in [0.05, 0.1) is 23.0 Å². The maximum absolute atomic E-state index is 12.4. The number of carbonyl (C=O) groups is 2. The van der Waals surface area contributed by atoms with Gasteiger partial charge in [0.2, 0.25) is 20.0 Å². The van der Waals surface area contributed by atoms with E-state index in [1.807, 2.05) is 32.9 Å². The maximum atomic E-state index is 12.4. The van der Waals surface area contributed by atoms with Crippen LogP contribution in [0, 0.1) is 13.8 Å². The second-order valence-corrected chi connectivity index (χ2v) is 16.2. The molecule has 0 aliphatic heterocycles. The summed E-state index contributed by atoms with van der Waals surface area (Å²) in [6.07, 6.45) is 11.5. The van der Waals surface area contributed by atoms with Gasteiger partial charge in [-0.05, 0) is 84.7 Å². The van der Waals surface area contributed by atoms with Crippen LogP contribution in [0.25, 0.3) is 0 Å². The number of carbonyl (C=O) groups excluding carboxylic acids is 2. The van der Waals surface area contributed by atoms with Gasteiger partial charge < -0.3 is 10.9 Å². The summed E-state index contributed by atoms with van der Waals surface area (Å²) >= 11 is 3.39. The zero-order chi connectivity index (χ0) is 37.1. The second kappa shape index (κ2) is 30.2. The van der Waals surface area contributed by atoms with E-state index in [2.05, 4.69) is 20.7 Å². The number of aryl methyl sites for hydroxylation is 2. The molecule has 0 spiro atoms. The minimum atomic E-state index is -3.40. The first-order chi connectivity index (χ1) is 23.2. The van der Waals surface area contributed by atoms with E-state index >= 15 is 0 Å². The number of hydrogen-bond acceptors (Lipinski definition) is 8. The van der Waals surface area contributed by atoms with Crippen LogP contribution < -0.4 is 34.3 Å². The molecule has 282 valence electrons. The Balaban J connectivity index is -0.000000726. The molecule has 0 radical (unpaired) electrons. The number of halogens is 1. The standard InChI is InChI=1S/C18H29NO4S.C10H19BrO2.C8H11NO2S.Na.H/c1-4-23-18(20)10-8-6-5-7-9-15-19(3)24(21,22)17-13-11-16(2)12-14-17;1-2-13-10(12)8-6-4-3-5-7-9-11;1-7-3-5-8(6-4-7)12(10,11)9-2;;/h11-14H,4-10,15H2,1-3H3;2-9H2,1H3;3-6,9H,1-2H3;;/q;;;+1;-1. The summed E-state index contributed by atoms with van der Waals surface area (Å²) in [5.74, 6) is -0.190. The van der Waals surface area contributed by atoms with E-state index in [-0.39, 0.29) is 42.9 Å². The topological polar surface area (TPSA) is 136 Å². The third-order valence-corrected chi connectivity index (χ3v) is 11.2. The number of rotatable bonds is 21. The smallest absolute Gasteiger partial charge is 1.00 e. The number of sulfonamides is 2. The van der Waals surface area contributed by atoms with Crippen molar-refractivity contribution in [3.8, 4) is 0 Å². The predicted octanol–water partition coefficient (Wildman–Crippen LogP) is 4.82. The average molecular weight is 816 g/mol. The molecule has 0 saturated carbocycles. The summed E-state index contributed by atoms with van der Waals surface area (Å²) in [6, 6.07) is 13.6. The molecule has 0 aliphatic carbocycles. The predicted molar refractivity (Wildman–Crippen MR) is 202 cm³/mol. The number of hydrogen-bond donors (Lipinski definition) is 1. The van der Waals surface area contributed by atoms with Gasteiger partial charge in [0.25, 0.3) is 0 Å². The van der Waals surface area contributed by atoms with Gasteiger partial charge in [0.15, 0.2) is 0 Å². The Hall–Kier alpha value is -1.32. The van der Waals surface area contributed by atoms with E-state index < -0.39 is 20.0 Å². The summed E-state index contributed by atoms with van der Waals surface area (Å²) in [5, 5.41) is 1.09. The van der Waals surface area contributed by atoms with Crippen molar-refractivity contribution < 1.29 is 66.9 Å². The maximum Gasteiger partial charge on any atom is 1.00 e. The van der Waals surface area contributed by atoms with Gasteiger partial charge in [-0.15, -0.1) is 0 Å². The summed E-state index contributed by atoms with van der Waals surface area (Å²) in [7, 11) is -3.64. The molecule has 0 amide bonds. The number of unbranched alkanes of at least 4 members (excludes halogenated alkanes) is 8. The van der Waals surface area contributed by atoms with Crippen molar-refractivity contribution in [1.29, 1.82) is 0 Å². The fraction of sp³-hybridized carbons (Fsp3) is 0.611. The number of nitrogens with zero attached hydrogens (tertiary/aromatic N) is 1. The monoisotopic (exact) mass is 814 g/mol. The minimum Gasteiger partial charge on any atom is -1.00 e. The zero-order valence-electron chi connectivity index (χ0n) is 32.3. The van der Waals surface area contributed by atoms with Gasteiger partial charge in [0.1, 0.15) is 0 Å². The molecular weight excluding hydrogens is 755 g/mol. The molecule has 50 heavy (non-hydrogen) atoms. The number of alkyl halides is 1. The Morgan fingerprint density at radius 2 is 1.06 bits per heavy atom. The summed E-state index contributed by atoms with van der Waals surface area (Å²) in [5.41, 5.74) is 2.09. The Morgan fingerprint density at radius 1 is 0.680 bits per heavy atom. The largest absolute Gasteiger partial charge is 1.00 e. The van der Waals surface area contributed by atoms with Crippen LogP contribution in [0.5, 0.6) is 0 Å². The van der Waals surface area contributed by atoms with Crippen LogP contribution in [0.15, 0.2) is 58.3 Å². The van der Waals surface area contributed by atoms with E-state index in [1.165, 1.54) is 30.6 Å². The third kappa shape index (κ3) is 24.0. The Morgan fingerprint density at radius 3 is 1.46 bits per heavy atom. The molecule has 14 heteroatoms. The van der Waals surface area contributed by atoms with Crippen LogP contribution in [0.1, 0.15) is 103 Å². The first-order valence-electron chi connectivity index (χ1n) is 17.2. The molecule has 0 saturated heterocycles. The Labute approximate surface area is 334 Å². The van der Waals surface area contributed by atoms with Gasteiger partial charge in [-0.2, -0.15) is 0 Å². The van der Waals surface area contributed by atoms with Crippen molar-refractivity contribution in [2.75, 3.05) is 39.2 Å². The average Bonchev–Trinajstić information content (AvgIpc) is 3.07. The fourth-order valence-corrected chi connectivity index (χ4v) is 6.68.